The van der Waals surface area contributed by atoms with Crippen molar-refractivity contribution in [1.82, 2.24) is 4.90 Å². The first-order valence-electron chi connectivity index (χ1n) is 6.39. The lowest BCUT2D eigenvalue weighted by atomic mass is 10.0. The highest BCUT2D eigenvalue weighted by Gasteiger charge is 2.31. The maximum absolute atomic E-state index is 12.1. The molecule has 1 saturated heterocycles. The van der Waals surface area contributed by atoms with Crippen molar-refractivity contribution in [3.8, 4) is 0 Å². The van der Waals surface area contributed by atoms with Gasteiger partial charge in [-0.2, -0.15) is 0 Å². The predicted octanol–water partition coefficient (Wildman–Crippen LogP) is -1.01. The third-order valence-corrected chi connectivity index (χ3v) is 5.07. The van der Waals surface area contributed by atoms with Gasteiger partial charge >= 0.3 is 11.9 Å². The molecule has 1 atom stereocenters. The second kappa shape index (κ2) is 7.39. The third kappa shape index (κ3) is 5.70. The highest BCUT2D eigenvalue weighted by Crippen LogP contribution is 2.22. The Morgan fingerprint density at radius 1 is 1.10 bits per heavy atom. The number of rotatable bonds is 6. The topological polar surface area (TPSA) is 107 Å². The SMILES string of the molecule is COC(=O)CN(CC(=O)OC)C(=O)CC1CCS(=O)(=O)C1. The molecule has 0 radical (unpaired) electrons. The minimum Gasteiger partial charge on any atom is -0.468 e. The van der Waals surface area contributed by atoms with E-state index < -0.39 is 27.7 Å². The molecular weight excluding hydrogens is 302 g/mol. The lowest BCUT2D eigenvalue weighted by Gasteiger charge is -2.21. The second-order valence-corrected chi connectivity index (χ2v) is 7.10. The zero-order valence-electron chi connectivity index (χ0n) is 12.0. The van der Waals surface area contributed by atoms with E-state index in [0.29, 0.717) is 6.42 Å². The number of hydrogen-bond acceptors (Lipinski definition) is 7. The Morgan fingerprint density at radius 2 is 1.62 bits per heavy atom. The maximum atomic E-state index is 12.1. The van der Waals surface area contributed by atoms with Gasteiger partial charge in [-0.15, -0.1) is 0 Å². The average Bonchev–Trinajstić information content (AvgIpc) is 2.76. The molecule has 0 N–H and O–H groups in total. The third-order valence-electron chi connectivity index (χ3n) is 3.24. The average molecular weight is 321 g/mol. The van der Waals surface area contributed by atoms with Crippen LogP contribution in [0, 0.1) is 5.92 Å². The van der Waals surface area contributed by atoms with Gasteiger partial charge in [-0.1, -0.05) is 0 Å². The number of hydrogen-bond donors (Lipinski definition) is 0. The Morgan fingerprint density at radius 3 is 2.00 bits per heavy atom. The summed E-state index contributed by atoms with van der Waals surface area (Å²) in [6, 6.07) is 0. The molecule has 0 saturated carbocycles. The Labute approximate surface area is 123 Å². The van der Waals surface area contributed by atoms with Gasteiger partial charge in [0.05, 0.1) is 25.7 Å². The molecule has 1 amide bonds. The summed E-state index contributed by atoms with van der Waals surface area (Å²) in [6.07, 6.45) is 0.394. The van der Waals surface area contributed by atoms with Gasteiger partial charge < -0.3 is 14.4 Å². The number of ether oxygens (including phenoxy) is 2. The zero-order chi connectivity index (χ0) is 16.0. The van der Waals surface area contributed by atoms with Gasteiger partial charge in [-0.3, -0.25) is 14.4 Å². The Kier molecular flexibility index (Phi) is 6.13. The number of methoxy groups -OCH3 is 2. The molecule has 1 fully saturated rings. The van der Waals surface area contributed by atoms with Crippen LogP contribution in [-0.4, -0.2) is 70.0 Å². The number of sulfone groups is 1. The van der Waals surface area contributed by atoms with E-state index in [4.69, 9.17) is 0 Å². The first kappa shape index (κ1) is 17.4. The van der Waals surface area contributed by atoms with E-state index in [1.807, 2.05) is 0 Å². The summed E-state index contributed by atoms with van der Waals surface area (Å²) in [5.41, 5.74) is 0. The Hall–Kier alpha value is -1.64. The molecule has 1 aliphatic heterocycles. The summed E-state index contributed by atoms with van der Waals surface area (Å²) in [5.74, 6) is -2.03. The van der Waals surface area contributed by atoms with Crippen molar-refractivity contribution in [3.63, 3.8) is 0 Å². The van der Waals surface area contributed by atoms with Crippen LogP contribution in [0.1, 0.15) is 12.8 Å². The van der Waals surface area contributed by atoms with Crippen LogP contribution in [0.5, 0.6) is 0 Å². The predicted molar refractivity (Wildman–Crippen MR) is 72.0 cm³/mol. The van der Waals surface area contributed by atoms with E-state index in [-0.39, 0.29) is 36.9 Å². The van der Waals surface area contributed by atoms with Crippen molar-refractivity contribution in [3.05, 3.63) is 0 Å². The lowest BCUT2D eigenvalue weighted by Crippen LogP contribution is -2.41. The standard InChI is InChI=1S/C12H19NO7S/c1-19-11(15)6-13(7-12(16)20-2)10(14)5-9-3-4-21(17,18)8-9/h9H,3-8H2,1-2H3. The molecule has 0 aromatic carbocycles. The minimum atomic E-state index is -3.08. The van der Waals surface area contributed by atoms with Crippen molar-refractivity contribution >= 4 is 27.7 Å². The molecule has 8 nitrogen and oxygen atoms in total. The summed E-state index contributed by atoms with van der Waals surface area (Å²) < 4.78 is 31.7. The summed E-state index contributed by atoms with van der Waals surface area (Å²) >= 11 is 0. The van der Waals surface area contributed by atoms with Crippen LogP contribution in [0.2, 0.25) is 0 Å². The largest absolute Gasteiger partial charge is 0.468 e. The molecule has 1 aliphatic rings. The molecule has 1 rings (SSSR count). The smallest absolute Gasteiger partial charge is 0.325 e. The van der Waals surface area contributed by atoms with Gasteiger partial charge in [-0.25, -0.2) is 8.42 Å². The molecule has 0 bridgehead atoms. The monoisotopic (exact) mass is 321 g/mol. The molecular formula is C12H19NO7S. The van der Waals surface area contributed by atoms with Gasteiger partial charge in [0.15, 0.2) is 9.84 Å². The van der Waals surface area contributed by atoms with Crippen LogP contribution < -0.4 is 0 Å². The summed E-state index contributed by atoms with van der Waals surface area (Å²) in [5, 5.41) is 0. The molecule has 9 heteroatoms. The summed E-state index contributed by atoms with van der Waals surface area (Å²) in [7, 11) is -0.730. The fraction of sp³-hybridized carbons (Fsp3) is 0.750. The highest BCUT2D eigenvalue weighted by atomic mass is 32.2. The quantitative estimate of drug-likeness (QED) is 0.577. The van der Waals surface area contributed by atoms with E-state index in [9.17, 15) is 22.8 Å². The summed E-state index contributed by atoms with van der Waals surface area (Å²) in [4.78, 5) is 35.7. The molecule has 120 valence electrons. The van der Waals surface area contributed by atoms with E-state index >= 15 is 0 Å². The molecule has 1 unspecified atom stereocenters. The lowest BCUT2D eigenvalue weighted by molar-refractivity contribution is -0.152. The number of nitrogens with zero attached hydrogens (tertiary/aromatic N) is 1. The van der Waals surface area contributed by atoms with E-state index in [1.165, 1.54) is 14.2 Å². The zero-order valence-corrected chi connectivity index (χ0v) is 12.8. The van der Waals surface area contributed by atoms with Crippen LogP contribution in [0.15, 0.2) is 0 Å². The van der Waals surface area contributed by atoms with Crippen molar-refractivity contribution < 1.29 is 32.3 Å². The van der Waals surface area contributed by atoms with Crippen LogP contribution in [0.4, 0.5) is 0 Å². The van der Waals surface area contributed by atoms with Crippen molar-refractivity contribution in [2.24, 2.45) is 5.92 Å². The summed E-state index contributed by atoms with van der Waals surface area (Å²) in [6.45, 7) is -0.742. The van der Waals surface area contributed by atoms with E-state index in [1.54, 1.807) is 0 Å². The number of amides is 1. The highest BCUT2D eigenvalue weighted by molar-refractivity contribution is 7.91. The van der Waals surface area contributed by atoms with Crippen molar-refractivity contribution in [2.45, 2.75) is 12.8 Å². The van der Waals surface area contributed by atoms with Crippen LogP contribution in [0.25, 0.3) is 0 Å². The van der Waals surface area contributed by atoms with Crippen LogP contribution in [-0.2, 0) is 33.7 Å². The first-order valence-corrected chi connectivity index (χ1v) is 8.21. The Balaban J connectivity index is 2.66. The number of carbonyl (C=O) groups excluding carboxylic acids is 3. The molecule has 0 spiro atoms. The number of esters is 2. The van der Waals surface area contributed by atoms with E-state index in [0.717, 1.165) is 4.90 Å². The van der Waals surface area contributed by atoms with Gasteiger partial charge in [0, 0.05) is 6.42 Å². The normalized spacial score (nSPS) is 19.8. The van der Waals surface area contributed by atoms with Crippen molar-refractivity contribution in [1.29, 1.82) is 0 Å². The first-order chi connectivity index (χ1) is 9.77. The maximum Gasteiger partial charge on any atom is 0.325 e. The van der Waals surface area contributed by atoms with Crippen molar-refractivity contribution in [2.75, 3.05) is 38.8 Å². The fourth-order valence-electron chi connectivity index (χ4n) is 2.08. The number of carbonyl (C=O) groups is 3. The molecule has 0 aliphatic carbocycles. The van der Waals surface area contributed by atoms with Gasteiger partial charge in [-0.05, 0) is 12.3 Å². The fourth-order valence-corrected chi connectivity index (χ4v) is 3.94. The Bertz CT molecular complexity index is 496. The molecule has 0 aromatic rings. The van der Waals surface area contributed by atoms with Gasteiger partial charge in [0.1, 0.15) is 13.1 Å². The minimum absolute atomic E-state index is 0.0206. The van der Waals surface area contributed by atoms with Crippen LogP contribution >= 0.6 is 0 Å². The van der Waals surface area contributed by atoms with Gasteiger partial charge in [0.2, 0.25) is 5.91 Å². The second-order valence-electron chi connectivity index (χ2n) is 4.88. The van der Waals surface area contributed by atoms with Gasteiger partial charge in [0.25, 0.3) is 0 Å². The van der Waals surface area contributed by atoms with E-state index in [2.05, 4.69) is 9.47 Å². The molecule has 21 heavy (non-hydrogen) atoms. The molecule has 1 heterocycles. The van der Waals surface area contributed by atoms with Crippen LogP contribution in [0.3, 0.4) is 0 Å². The molecule has 0 aromatic heterocycles.